The van der Waals surface area contributed by atoms with E-state index in [4.69, 9.17) is 20.9 Å². The second-order valence-corrected chi connectivity index (χ2v) is 8.77. The Morgan fingerprint density at radius 3 is 2.09 bits per heavy atom. The number of hydrogen-bond acceptors (Lipinski definition) is 2. The molecule has 3 aliphatic carbocycles. The van der Waals surface area contributed by atoms with Crippen molar-refractivity contribution in [2.45, 2.75) is 68.9 Å². The Balaban J connectivity index is 1.56. The van der Waals surface area contributed by atoms with Crippen LogP contribution in [0.2, 0.25) is 10.3 Å². The average molecular weight is 323 g/mol. The molecule has 1 aromatic carbocycles. The van der Waals surface area contributed by atoms with Gasteiger partial charge in [0.1, 0.15) is 5.82 Å². The van der Waals surface area contributed by atoms with Crippen LogP contribution in [0.3, 0.4) is 0 Å². The Bertz CT molecular complexity index is 602. The average Bonchev–Trinajstić information content (AvgIpc) is 2.48. The van der Waals surface area contributed by atoms with Crippen LogP contribution in [0, 0.1) is 5.82 Å². The third-order valence-electron chi connectivity index (χ3n) is 6.32. The molecule has 5 rings (SSSR count). The van der Waals surface area contributed by atoms with Crippen LogP contribution in [0.4, 0.5) is 4.39 Å². The van der Waals surface area contributed by atoms with Crippen molar-refractivity contribution < 1.29 is 13.7 Å². The van der Waals surface area contributed by atoms with Gasteiger partial charge in [-0.3, -0.25) is 0 Å². The normalized spacial score (nSPS) is 37.6. The standard InChI is InChI=1S/C17H21BClFO2/c1-14(2)15(3,4)22-18(21-14)17-8-16(9-17,10-17)13-11(19)6-5-7-12(13)20/h5-7H,8-10H2,1-4H3. The van der Waals surface area contributed by atoms with Gasteiger partial charge in [0.2, 0.25) is 0 Å². The Hall–Kier alpha value is -0.575. The van der Waals surface area contributed by atoms with Gasteiger partial charge in [-0.2, -0.15) is 0 Å². The lowest BCUT2D eigenvalue weighted by Crippen LogP contribution is -2.66. The lowest BCUT2D eigenvalue weighted by molar-refractivity contribution is -0.0405. The lowest BCUT2D eigenvalue weighted by atomic mass is 9.23. The summed E-state index contributed by atoms with van der Waals surface area (Å²) in [5.74, 6) is -0.185. The minimum atomic E-state index is -0.310. The smallest absolute Gasteiger partial charge is 0.403 e. The first-order valence-electron chi connectivity index (χ1n) is 7.91. The van der Waals surface area contributed by atoms with Crippen molar-refractivity contribution in [2.24, 2.45) is 0 Å². The van der Waals surface area contributed by atoms with Gasteiger partial charge in [0.25, 0.3) is 0 Å². The van der Waals surface area contributed by atoms with E-state index in [2.05, 4.69) is 27.7 Å². The van der Waals surface area contributed by atoms with Crippen LogP contribution >= 0.6 is 11.6 Å². The molecule has 0 aromatic heterocycles. The zero-order valence-corrected chi connectivity index (χ0v) is 14.3. The summed E-state index contributed by atoms with van der Waals surface area (Å²) in [6, 6.07) is 4.95. The zero-order valence-electron chi connectivity index (χ0n) is 13.5. The molecule has 0 radical (unpaired) electrons. The number of benzene rings is 1. The monoisotopic (exact) mass is 322 g/mol. The van der Waals surface area contributed by atoms with Gasteiger partial charge >= 0.3 is 7.12 Å². The van der Waals surface area contributed by atoms with Gasteiger partial charge in [-0.05, 0) is 64.5 Å². The van der Waals surface area contributed by atoms with E-state index in [1.54, 1.807) is 12.1 Å². The summed E-state index contributed by atoms with van der Waals surface area (Å²) in [7, 11) is -0.190. The van der Waals surface area contributed by atoms with E-state index in [9.17, 15) is 4.39 Å². The second-order valence-electron chi connectivity index (χ2n) is 8.36. The van der Waals surface area contributed by atoms with Gasteiger partial charge < -0.3 is 9.31 Å². The number of halogens is 2. The van der Waals surface area contributed by atoms with E-state index in [0.717, 1.165) is 19.3 Å². The molecule has 2 nitrogen and oxygen atoms in total. The molecule has 4 fully saturated rings. The maximum absolute atomic E-state index is 14.2. The van der Waals surface area contributed by atoms with Crippen molar-refractivity contribution in [3.8, 4) is 0 Å². The highest BCUT2D eigenvalue weighted by atomic mass is 35.5. The van der Waals surface area contributed by atoms with Crippen LogP contribution in [-0.2, 0) is 14.7 Å². The molecule has 0 amide bonds. The van der Waals surface area contributed by atoms with Crippen molar-refractivity contribution in [1.82, 2.24) is 0 Å². The molecule has 1 aromatic rings. The molecule has 0 spiro atoms. The van der Waals surface area contributed by atoms with Crippen LogP contribution in [0.15, 0.2) is 18.2 Å². The van der Waals surface area contributed by atoms with Gasteiger partial charge in [0.15, 0.2) is 0 Å². The molecule has 118 valence electrons. The minimum Gasteiger partial charge on any atom is -0.403 e. The third kappa shape index (κ3) is 1.69. The molecule has 4 aliphatic rings. The maximum atomic E-state index is 14.2. The first kappa shape index (κ1) is 15.0. The molecule has 1 heterocycles. The van der Waals surface area contributed by atoms with Crippen molar-refractivity contribution in [3.63, 3.8) is 0 Å². The van der Waals surface area contributed by atoms with Crippen molar-refractivity contribution in [1.29, 1.82) is 0 Å². The Morgan fingerprint density at radius 1 is 1.05 bits per heavy atom. The fourth-order valence-electron chi connectivity index (χ4n) is 4.48. The molecule has 0 unspecified atom stereocenters. The van der Waals surface area contributed by atoms with Gasteiger partial charge in [-0.25, -0.2) is 4.39 Å². The van der Waals surface area contributed by atoms with E-state index in [1.807, 2.05) is 0 Å². The van der Waals surface area contributed by atoms with Crippen LogP contribution in [-0.4, -0.2) is 18.3 Å². The Labute approximate surface area is 136 Å². The van der Waals surface area contributed by atoms with Crippen molar-refractivity contribution in [2.75, 3.05) is 0 Å². The topological polar surface area (TPSA) is 18.5 Å². The fraction of sp³-hybridized carbons (Fsp3) is 0.647. The number of hydrogen-bond donors (Lipinski definition) is 0. The van der Waals surface area contributed by atoms with Gasteiger partial charge in [0, 0.05) is 15.9 Å². The fourth-order valence-corrected chi connectivity index (χ4v) is 4.84. The van der Waals surface area contributed by atoms with Gasteiger partial charge in [-0.15, -0.1) is 0 Å². The van der Waals surface area contributed by atoms with E-state index in [1.165, 1.54) is 6.07 Å². The van der Waals surface area contributed by atoms with E-state index in [-0.39, 0.29) is 34.9 Å². The molecule has 1 saturated heterocycles. The van der Waals surface area contributed by atoms with Crippen LogP contribution in [0.1, 0.15) is 52.5 Å². The largest absolute Gasteiger partial charge is 0.464 e. The molecular weight excluding hydrogens is 301 g/mol. The van der Waals surface area contributed by atoms with E-state index >= 15 is 0 Å². The predicted molar refractivity (Wildman–Crippen MR) is 85.7 cm³/mol. The highest BCUT2D eigenvalue weighted by molar-refractivity contribution is 6.51. The summed E-state index contributed by atoms with van der Waals surface area (Å²) in [6.45, 7) is 8.29. The summed E-state index contributed by atoms with van der Waals surface area (Å²) in [4.78, 5) is 0. The first-order chi connectivity index (χ1) is 10.1. The maximum Gasteiger partial charge on any atom is 0.464 e. The molecular formula is C17H21BClFO2. The number of rotatable bonds is 2. The molecule has 0 N–H and O–H groups in total. The minimum absolute atomic E-state index is 0.0383. The molecule has 2 bridgehead atoms. The van der Waals surface area contributed by atoms with Gasteiger partial charge in [0.05, 0.1) is 11.2 Å². The van der Waals surface area contributed by atoms with E-state index in [0.29, 0.717) is 10.6 Å². The van der Waals surface area contributed by atoms with Crippen molar-refractivity contribution in [3.05, 3.63) is 34.6 Å². The summed E-state index contributed by atoms with van der Waals surface area (Å²) >= 11 is 6.24. The van der Waals surface area contributed by atoms with Gasteiger partial charge in [-0.1, -0.05) is 17.7 Å². The predicted octanol–water partition coefficient (Wildman–Crippen LogP) is 4.75. The highest BCUT2D eigenvalue weighted by Gasteiger charge is 2.77. The summed E-state index contributed by atoms with van der Waals surface area (Å²) < 4.78 is 26.6. The molecule has 1 aliphatic heterocycles. The molecule has 3 saturated carbocycles. The van der Waals surface area contributed by atoms with Crippen LogP contribution in [0.25, 0.3) is 0 Å². The second kappa shape index (κ2) is 4.09. The SMILES string of the molecule is CC1(C)OB(C23CC(c4c(F)cccc4Cl)(C2)C3)OC1(C)C. The van der Waals surface area contributed by atoms with E-state index < -0.39 is 0 Å². The Kier molecular flexibility index (Phi) is 2.78. The van der Waals surface area contributed by atoms with Crippen LogP contribution in [0.5, 0.6) is 0 Å². The summed E-state index contributed by atoms with van der Waals surface area (Å²) in [5, 5.41) is 0.582. The molecule has 0 atom stereocenters. The molecule has 22 heavy (non-hydrogen) atoms. The summed E-state index contributed by atoms with van der Waals surface area (Å²) in [6.07, 6.45) is 2.70. The summed E-state index contributed by atoms with van der Waals surface area (Å²) in [5.41, 5.74) is -0.0345. The third-order valence-corrected chi connectivity index (χ3v) is 6.63. The highest BCUT2D eigenvalue weighted by Crippen LogP contribution is 2.81. The van der Waals surface area contributed by atoms with Crippen LogP contribution < -0.4 is 0 Å². The quantitative estimate of drug-likeness (QED) is 0.732. The van der Waals surface area contributed by atoms with Crippen molar-refractivity contribution >= 4 is 18.7 Å². The lowest BCUT2D eigenvalue weighted by Gasteiger charge is -2.71. The zero-order chi connectivity index (χ0) is 16.0. The first-order valence-corrected chi connectivity index (χ1v) is 8.29. The Morgan fingerprint density at radius 2 is 1.59 bits per heavy atom. The molecule has 5 heteroatoms.